The second-order valence-corrected chi connectivity index (χ2v) is 12.6. The van der Waals surface area contributed by atoms with Gasteiger partial charge in [-0.25, -0.2) is 0 Å². The van der Waals surface area contributed by atoms with E-state index >= 15 is 0 Å². The number of ether oxygens (including phenoxy) is 6. The van der Waals surface area contributed by atoms with Crippen LogP contribution in [0.2, 0.25) is 0 Å². The van der Waals surface area contributed by atoms with Crippen LogP contribution in [0.25, 0.3) is 22.3 Å². The normalized spacial score (nSPS) is 36.9. The Bertz CT molecular complexity index is 1800. The second kappa shape index (κ2) is 14.9. The fourth-order valence-electron chi connectivity index (χ4n) is 6.15. The van der Waals surface area contributed by atoms with Gasteiger partial charge in [0.2, 0.25) is 17.5 Å². The average molecular weight is 743 g/mol. The van der Waals surface area contributed by atoms with E-state index in [0.717, 1.165) is 24.3 Å². The highest BCUT2D eigenvalue weighted by atomic mass is 16.8. The quantitative estimate of drug-likeness (QED) is 0.101. The first-order chi connectivity index (χ1) is 24.6. The van der Waals surface area contributed by atoms with Crippen LogP contribution in [0.5, 0.6) is 28.7 Å². The molecule has 4 heterocycles. The number of aromatic hydroxyl groups is 4. The zero-order valence-electron chi connectivity index (χ0n) is 27.0. The highest BCUT2D eigenvalue weighted by Gasteiger charge is 2.51. The number of phenols is 4. The lowest BCUT2D eigenvalue weighted by Crippen LogP contribution is -2.64. The SMILES string of the molecule is C[C@@H]1O[C@@H](Oc2c(-c3ccc(O)c(O)c3)oc3cc(O)cc(O)c3c2=O)[C@@H](O)[C@H](O)[C@H]1O[C@@H]1OC[C@H](O[C@@H]2O[C@H](CO)[C@@H](O)[C@H](O)[C@H]2O)[C@H](O)[C@@H]1O. The van der Waals surface area contributed by atoms with Crippen molar-refractivity contribution in [3.05, 3.63) is 40.6 Å². The maximum Gasteiger partial charge on any atom is 0.239 e. The zero-order chi connectivity index (χ0) is 37.8. The van der Waals surface area contributed by atoms with E-state index < -0.39 is 139 Å². The maximum absolute atomic E-state index is 13.7. The minimum absolute atomic E-state index is 0.0249. The standard InChI is InChI=1S/C32H38O20/c1-9-27(51-30-24(43)20(39)17(8-46-30)50-32-25(44)22(41)19(38)16(7-33)49-32)23(42)26(45)31(47-9)52-29-21(40)18-14(37)5-11(34)6-15(18)48-28(29)10-2-3-12(35)13(36)4-10/h2-6,9,16-17,19-20,22-27,30-39,41-45H,7-8H2,1H3/t9-,16+,17-,19+,20-,22-,23-,24-,25+,26-,27-,30-,31-,32-/m0/s1. The molecule has 20 heteroatoms. The van der Waals surface area contributed by atoms with Crippen LogP contribution in [-0.2, 0) is 23.7 Å². The Morgan fingerprint density at radius 2 is 1.42 bits per heavy atom. The van der Waals surface area contributed by atoms with Crippen molar-refractivity contribution in [1.82, 2.24) is 0 Å². The van der Waals surface area contributed by atoms with E-state index in [-0.39, 0.29) is 16.9 Å². The Balaban J connectivity index is 1.18. The number of benzene rings is 2. The van der Waals surface area contributed by atoms with E-state index in [0.29, 0.717) is 0 Å². The van der Waals surface area contributed by atoms with Crippen molar-refractivity contribution in [3.63, 3.8) is 0 Å². The van der Waals surface area contributed by atoms with Gasteiger partial charge in [0.15, 0.2) is 29.8 Å². The third-order valence-corrected chi connectivity index (χ3v) is 9.05. The molecule has 1 aromatic heterocycles. The third kappa shape index (κ3) is 6.97. The summed E-state index contributed by atoms with van der Waals surface area (Å²) < 4.78 is 39.2. The Kier molecular flexibility index (Phi) is 10.8. The summed E-state index contributed by atoms with van der Waals surface area (Å²) in [6.07, 6.45) is -23.1. The molecule has 52 heavy (non-hydrogen) atoms. The van der Waals surface area contributed by atoms with Crippen LogP contribution < -0.4 is 10.2 Å². The number of rotatable bonds is 8. The van der Waals surface area contributed by atoms with Gasteiger partial charge in [0, 0.05) is 17.7 Å². The molecule has 2 aromatic carbocycles. The number of hydrogen-bond donors (Lipinski definition) is 12. The number of aliphatic hydroxyl groups is 8. The molecule has 6 rings (SSSR count). The van der Waals surface area contributed by atoms with E-state index in [1.54, 1.807) is 0 Å². The Morgan fingerprint density at radius 3 is 2.12 bits per heavy atom. The van der Waals surface area contributed by atoms with Gasteiger partial charge in [-0.2, -0.15) is 0 Å². The molecule has 20 nitrogen and oxygen atoms in total. The molecule has 0 spiro atoms. The van der Waals surface area contributed by atoms with E-state index in [2.05, 4.69) is 0 Å². The molecule has 0 radical (unpaired) electrons. The van der Waals surface area contributed by atoms with Gasteiger partial charge < -0.3 is 94.1 Å². The first kappa shape index (κ1) is 37.9. The molecule has 3 aromatic rings. The molecule has 12 N–H and O–H groups in total. The van der Waals surface area contributed by atoms with Crippen LogP contribution in [0.3, 0.4) is 0 Å². The van der Waals surface area contributed by atoms with Crippen molar-refractivity contribution >= 4 is 11.0 Å². The van der Waals surface area contributed by atoms with Crippen LogP contribution >= 0.6 is 0 Å². The molecular weight excluding hydrogens is 704 g/mol. The molecule has 3 saturated heterocycles. The molecule has 14 atom stereocenters. The fourth-order valence-corrected chi connectivity index (χ4v) is 6.15. The topological polar surface area (TPSA) is 328 Å². The highest BCUT2D eigenvalue weighted by Crippen LogP contribution is 2.40. The summed E-state index contributed by atoms with van der Waals surface area (Å²) in [6.45, 7) is 0.148. The van der Waals surface area contributed by atoms with Gasteiger partial charge in [0.25, 0.3) is 0 Å². The number of phenolic OH excluding ortho intramolecular Hbond substituents is 4. The summed E-state index contributed by atoms with van der Waals surface area (Å²) in [7, 11) is 0. The summed E-state index contributed by atoms with van der Waals surface area (Å²) in [4.78, 5) is 13.7. The lowest BCUT2D eigenvalue weighted by atomic mass is 9.98. The summed E-state index contributed by atoms with van der Waals surface area (Å²) in [5.74, 6) is -3.30. The number of aliphatic hydroxyl groups excluding tert-OH is 8. The fraction of sp³-hybridized carbons (Fsp3) is 0.531. The summed E-state index contributed by atoms with van der Waals surface area (Å²) in [6, 6.07) is 5.26. The lowest BCUT2D eigenvalue weighted by Gasteiger charge is -2.45. The minimum Gasteiger partial charge on any atom is -0.508 e. The number of hydrogen-bond acceptors (Lipinski definition) is 20. The largest absolute Gasteiger partial charge is 0.508 e. The maximum atomic E-state index is 13.7. The van der Waals surface area contributed by atoms with Crippen molar-refractivity contribution in [3.8, 4) is 40.1 Å². The molecule has 3 fully saturated rings. The molecule has 286 valence electrons. The first-order valence-electron chi connectivity index (χ1n) is 15.9. The molecule has 0 saturated carbocycles. The monoisotopic (exact) mass is 742 g/mol. The van der Waals surface area contributed by atoms with Gasteiger partial charge in [-0.05, 0) is 25.1 Å². The van der Waals surface area contributed by atoms with Crippen molar-refractivity contribution in [1.29, 1.82) is 0 Å². The molecule has 0 unspecified atom stereocenters. The highest BCUT2D eigenvalue weighted by molar-refractivity contribution is 5.88. The Morgan fingerprint density at radius 1 is 0.731 bits per heavy atom. The van der Waals surface area contributed by atoms with Gasteiger partial charge in [-0.1, -0.05) is 0 Å². The van der Waals surface area contributed by atoms with Crippen LogP contribution in [0.4, 0.5) is 0 Å². The van der Waals surface area contributed by atoms with Crippen molar-refractivity contribution in [2.75, 3.05) is 13.2 Å². The zero-order valence-corrected chi connectivity index (χ0v) is 27.0. The second-order valence-electron chi connectivity index (χ2n) is 12.6. The van der Waals surface area contributed by atoms with Gasteiger partial charge in [-0.3, -0.25) is 4.79 Å². The lowest BCUT2D eigenvalue weighted by molar-refractivity contribution is -0.359. The van der Waals surface area contributed by atoms with Crippen LogP contribution in [0.15, 0.2) is 39.5 Å². The average Bonchev–Trinajstić information content (AvgIpc) is 3.10. The first-order valence-corrected chi connectivity index (χ1v) is 15.9. The Hall–Kier alpha value is -3.87. The van der Waals surface area contributed by atoms with Gasteiger partial charge >= 0.3 is 0 Å². The molecule has 0 amide bonds. The van der Waals surface area contributed by atoms with Crippen LogP contribution in [0.1, 0.15) is 6.92 Å². The summed E-state index contributed by atoms with van der Waals surface area (Å²) in [5.41, 5.74) is -1.33. The van der Waals surface area contributed by atoms with Crippen molar-refractivity contribution in [2.45, 2.75) is 92.9 Å². The van der Waals surface area contributed by atoms with E-state index in [1.165, 1.54) is 13.0 Å². The molecular formula is C32H38O20. The van der Waals surface area contributed by atoms with E-state index in [1.807, 2.05) is 0 Å². The van der Waals surface area contributed by atoms with Gasteiger partial charge in [0.05, 0.1) is 19.3 Å². The van der Waals surface area contributed by atoms with Crippen LogP contribution in [-0.4, -0.2) is 161 Å². The molecule has 0 aliphatic carbocycles. The summed E-state index contributed by atoms with van der Waals surface area (Å²) in [5, 5.41) is 123. The predicted octanol–water partition coefficient (Wildman–Crippen LogP) is -3.22. The third-order valence-electron chi connectivity index (χ3n) is 9.05. The molecule has 0 bridgehead atoms. The van der Waals surface area contributed by atoms with Gasteiger partial charge in [0.1, 0.15) is 83.5 Å². The summed E-state index contributed by atoms with van der Waals surface area (Å²) >= 11 is 0. The number of fused-ring (bicyclic) bond motifs is 1. The van der Waals surface area contributed by atoms with Gasteiger partial charge in [-0.15, -0.1) is 0 Å². The van der Waals surface area contributed by atoms with Crippen molar-refractivity contribution < 1.29 is 94.1 Å². The Labute approximate surface area is 292 Å². The molecule has 3 aliphatic heterocycles. The predicted molar refractivity (Wildman–Crippen MR) is 167 cm³/mol. The van der Waals surface area contributed by atoms with E-state index in [4.69, 9.17) is 32.8 Å². The van der Waals surface area contributed by atoms with Crippen molar-refractivity contribution in [2.24, 2.45) is 0 Å². The minimum atomic E-state index is -1.97. The van der Waals surface area contributed by atoms with Crippen LogP contribution in [0, 0.1) is 0 Å². The smallest absolute Gasteiger partial charge is 0.239 e. The molecule has 3 aliphatic rings. The van der Waals surface area contributed by atoms with E-state index in [9.17, 15) is 66.1 Å².